The number of aromatic amines is 1. The van der Waals surface area contributed by atoms with Gasteiger partial charge in [0.25, 0.3) is 11.7 Å². The maximum atomic E-state index is 12.1. The molecule has 1 saturated carbocycles. The molecular formula is C18H16N6O2S. The van der Waals surface area contributed by atoms with E-state index in [4.69, 9.17) is 4.74 Å². The molecule has 0 atom stereocenters. The number of anilines is 1. The highest BCUT2D eigenvalue weighted by molar-refractivity contribution is 7.10. The molecule has 2 aromatic heterocycles. The Kier molecular flexibility index (Phi) is 4.80. The van der Waals surface area contributed by atoms with Crippen molar-refractivity contribution >= 4 is 22.9 Å². The van der Waals surface area contributed by atoms with Crippen LogP contribution in [0, 0.1) is 11.8 Å². The second-order valence-corrected chi connectivity index (χ2v) is 6.92. The Labute approximate surface area is 159 Å². The van der Waals surface area contributed by atoms with Gasteiger partial charge in [0.15, 0.2) is 5.01 Å². The maximum Gasteiger partial charge on any atom is 0.297 e. The number of hydrogen-bond acceptors (Lipinski definition) is 7. The minimum absolute atomic E-state index is 0.0557. The molecule has 3 aromatic rings. The summed E-state index contributed by atoms with van der Waals surface area (Å²) in [5, 5.41) is 18.5. The van der Waals surface area contributed by atoms with E-state index in [1.165, 1.54) is 26.4 Å². The Balaban J connectivity index is 1.53. The molecule has 1 aliphatic carbocycles. The van der Waals surface area contributed by atoms with Crippen LogP contribution in [0.15, 0.2) is 23.6 Å². The van der Waals surface area contributed by atoms with Gasteiger partial charge in [0.1, 0.15) is 5.75 Å². The number of methoxy groups -OCH3 is 1. The van der Waals surface area contributed by atoms with Crippen LogP contribution in [-0.2, 0) is 0 Å². The van der Waals surface area contributed by atoms with E-state index in [-0.39, 0.29) is 5.82 Å². The van der Waals surface area contributed by atoms with Gasteiger partial charge in [0, 0.05) is 16.9 Å². The van der Waals surface area contributed by atoms with Gasteiger partial charge in [-0.1, -0.05) is 12.3 Å². The normalized spacial score (nSPS) is 13.4. The third-order valence-corrected chi connectivity index (χ3v) is 5.13. The number of rotatable bonds is 4. The third-order valence-electron chi connectivity index (χ3n) is 4.36. The Morgan fingerprint density at radius 3 is 2.96 bits per heavy atom. The van der Waals surface area contributed by atoms with Crippen molar-refractivity contribution in [3.05, 3.63) is 45.7 Å². The van der Waals surface area contributed by atoms with Crippen molar-refractivity contribution in [2.24, 2.45) is 0 Å². The first kappa shape index (κ1) is 17.2. The predicted molar refractivity (Wildman–Crippen MR) is 99.8 cm³/mol. The Bertz CT molecular complexity index is 1010. The Hall–Kier alpha value is -3.25. The molecule has 9 heteroatoms. The summed E-state index contributed by atoms with van der Waals surface area (Å²) in [6, 6.07) is 5.32. The predicted octanol–water partition coefficient (Wildman–Crippen LogP) is 2.58. The third kappa shape index (κ3) is 3.80. The quantitative estimate of drug-likeness (QED) is 0.674. The van der Waals surface area contributed by atoms with Crippen LogP contribution in [0.2, 0.25) is 0 Å². The van der Waals surface area contributed by atoms with Crippen molar-refractivity contribution in [1.29, 1.82) is 0 Å². The number of benzene rings is 1. The van der Waals surface area contributed by atoms with Gasteiger partial charge >= 0.3 is 0 Å². The minimum atomic E-state index is -0.489. The first-order valence-electron chi connectivity index (χ1n) is 8.43. The van der Waals surface area contributed by atoms with Gasteiger partial charge in [0.2, 0.25) is 0 Å². The first-order valence-corrected chi connectivity index (χ1v) is 9.31. The highest BCUT2D eigenvalue weighted by Crippen LogP contribution is 2.36. The number of ether oxygens (including phenoxy) is 1. The number of thiazole rings is 1. The van der Waals surface area contributed by atoms with Crippen molar-refractivity contribution in [1.82, 2.24) is 25.6 Å². The molecule has 0 saturated heterocycles. The summed E-state index contributed by atoms with van der Waals surface area (Å²) in [4.78, 5) is 16.7. The average molecular weight is 380 g/mol. The maximum absolute atomic E-state index is 12.1. The van der Waals surface area contributed by atoms with Crippen LogP contribution >= 0.6 is 11.3 Å². The van der Waals surface area contributed by atoms with Crippen LogP contribution in [0.1, 0.15) is 52.1 Å². The van der Waals surface area contributed by atoms with Crippen molar-refractivity contribution < 1.29 is 9.53 Å². The van der Waals surface area contributed by atoms with Gasteiger partial charge in [-0.15, -0.1) is 21.5 Å². The van der Waals surface area contributed by atoms with E-state index < -0.39 is 5.91 Å². The fourth-order valence-corrected chi connectivity index (χ4v) is 3.43. The van der Waals surface area contributed by atoms with Crippen LogP contribution in [0.25, 0.3) is 0 Å². The molecule has 1 aromatic carbocycles. The molecule has 8 nitrogen and oxygen atoms in total. The summed E-state index contributed by atoms with van der Waals surface area (Å²) >= 11 is 1.56. The first-order chi connectivity index (χ1) is 13.2. The number of H-pyrrole nitrogens is 1. The molecule has 1 aliphatic rings. The summed E-state index contributed by atoms with van der Waals surface area (Å²) in [6.07, 6.45) is 3.73. The monoisotopic (exact) mass is 380 g/mol. The Morgan fingerprint density at radius 2 is 2.26 bits per heavy atom. The van der Waals surface area contributed by atoms with Gasteiger partial charge in [-0.05, 0) is 42.2 Å². The molecule has 136 valence electrons. The molecule has 1 amide bonds. The number of hydrogen-bond donors (Lipinski definition) is 2. The number of nitrogens with zero attached hydrogens (tertiary/aromatic N) is 4. The molecule has 0 aliphatic heterocycles. The van der Waals surface area contributed by atoms with Gasteiger partial charge in [-0.25, -0.2) is 4.98 Å². The summed E-state index contributed by atoms with van der Waals surface area (Å²) in [5.41, 5.74) is 2.37. The number of tetrazole rings is 1. The molecule has 2 heterocycles. The molecule has 4 rings (SSSR count). The molecule has 1 fully saturated rings. The van der Waals surface area contributed by atoms with E-state index in [9.17, 15) is 4.79 Å². The summed E-state index contributed by atoms with van der Waals surface area (Å²) in [5.74, 6) is 6.75. The largest absolute Gasteiger partial charge is 0.495 e. The van der Waals surface area contributed by atoms with Crippen LogP contribution in [0.5, 0.6) is 5.75 Å². The molecule has 0 bridgehead atoms. The lowest BCUT2D eigenvalue weighted by molar-refractivity contribution is 0.101. The van der Waals surface area contributed by atoms with Gasteiger partial charge < -0.3 is 10.1 Å². The van der Waals surface area contributed by atoms with Crippen molar-refractivity contribution in [3.8, 4) is 17.6 Å². The fourth-order valence-electron chi connectivity index (χ4n) is 2.68. The van der Waals surface area contributed by atoms with Gasteiger partial charge in [0.05, 0.1) is 18.5 Å². The zero-order chi connectivity index (χ0) is 18.6. The van der Waals surface area contributed by atoms with Gasteiger partial charge in [-0.2, -0.15) is 5.21 Å². The summed E-state index contributed by atoms with van der Waals surface area (Å²) < 4.78 is 5.29. The fraction of sp³-hybridized carbons (Fsp3) is 0.278. The van der Waals surface area contributed by atoms with E-state index >= 15 is 0 Å². The van der Waals surface area contributed by atoms with E-state index in [0.717, 1.165) is 16.3 Å². The summed E-state index contributed by atoms with van der Waals surface area (Å²) in [6.45, 7) is 0. The smallest absolute Gasteiger partial charge is 0.297 e. The van der Waals surface area contributed by atoms with Crippen LogP contribution in [0.3, 0.4) is 0 Å². The number of carbonyl (C=O) groups is 1. The minimum Gasteiger partial charge on any atom is -0.495 e. The molecule has 2 N–H and O–H groups in total. The standard InChI is InChI=1S/C18H16N6O2S/c1-26-15-7-5-11(9-13(15)20-18(25)17-21-23-24-22-17)6-8-16-19-14(10-27-16)12-3-2-4-12/h5,7,9-10,12H,2-4H2,1H3,(H,20,25)(H,21,22,23,24). The van der Waals surface area contributed by atoms with E-state index in [1.54, 1.807) is 23.5 Å². The lowest BCUT2D eigenvalue weighted by Gasteiger charge is -2.22. The molecular weight excluding hydrogens is 364 g/mol. The average Bonchev–Trinajstić information content (AvgIpc) is 3.31. The summed E-state index contributed by atoms with van der Waals surface area (Å²) in [7, 11) is 1.53. The zero-order valence-corrected chi connectivity index (χ0v) is 15.3. The second kappa shape index (κ2) is 7.55. The molecule has 0 spiro atoms. The zero-order valence-electron chi connectivity index (χ0n) is 14.5. The van der Waals surface area contributed by atoms with Crippen molar-refractivity contribution in [2.75, 3.05) is 12.4 Å². The van der Waals surface area contributed by atoms with Crippen LogP contribution < -0.4 is 10.1 Å². The second-order valence-electron chi connectivity index (χ2n) is 6.06. The van der Waals surface area contributed by atoms with Crippen LogP contribution in [-0.4, -0.2) is 38.6 Å². The topological polar surface area (TPSA) is 106 Å². The van der Waals surface area contributed by atoms with Crippen molar-refractivity contribution in [3.63, 3.8) is 0 Å². The highest BCUT2D eigenvalue weighted by atomic mass is 32.1. The van der Waals surface area contributed by atoms with Crippen molar-refractivity contribution in [2.45, 2.75) is 25.2 Å². The SMILES string of the molecule is COc1ccc(C#Cc2nc(C3CCC3)cs2)cc1NC(=O)c1nn[nH]n1. The molecule has 27 heavy (non-hydrogen) atoms. The molecule has 0 unspecified atom stereocenters. The number of nitrogens with one attached hydrogen (secondary N) is 2. The lowest BCUT2D eigenvalue weighted by Crippen LogP contribution is -2.14. The number of amides is 1. The molecule has 0 radical (unpaired) electrons. The van der Waals surface area contributed by atoms with E-state index in [1.807, 2.05) is 6.07 Å². The lowest BCUT2D eigenvalue weighted by atomic mass is 9.83. The number of aromatic nitrogens is 5. The van der Waals surface area contributed by atoms with Crippen LogP contribution in [0.4, 0.5) is 5.69 Å². The van der Waals surface area contributed by atoms with Gasteiger partial charge in [-0.3, -0.25) is 4.79 Å². The van der Waals surface area contributed by atoms with E-state index in [0.29, 0.717) is 17.4 Å². The Morgan fingerprint density at radius 1 is 1.37 bits per heavy atom. The van der Waals surface area contributed by atoms with E-state index in [2.05, 4.69) is 48.1 Å². The highest BCUT2D eigenvalue weighted by Gasteiger charge is 2.21. The number of carbonyl (C=O) groups excluding carboxylic acids is 1.